The van der Waals surface area contributed by atoms with Crippen LogP contribution in [0, 0.1) is 0 Å². The van der Waals surface area contributed by atoms with Crippen molar-refractivity contribution in [3.63, 3.8) is 0 Å². The van der Waals surface area contributed by atoms with Gasteiger partial charge < -0.3 is 19.8 Å². The van der Waals surface area contributed by atoms with Crippen molar-refractivity contribution >= 4 is 18.0 Å². The molecule has 0 unspecified atom stereocenters. The van der Waals surface area contributed by atoms with Crippen molar-refractivity contribution in [1.82, 2.24) is 0 Å². The Bertz CT molecular complexity index is 371. The second-order valence-corrected chi connectivity index (χ2v) is 2.54. The molecule has 1 aromatic carbocycles. The molecule has 0 heterocycles. The SMILES string of the molecule is O=C([O-])C(=Cc1ccccc1)C(=O)[O-].[K+].[K+]. The fourth-order valence-electron chi connectivity index (χ4n) is 0.917. The van der Waals surface area contributed by atoms with Gasteiger partial charge in [0.25, 0.3) is 0 Å². The Balaban J connectivity index is 0. The summed E-state index contributed by atoms with van der Waals surface area (Å²) >= 11 is 0. The number of carboxylic acid groups (broad SMARTS) is 2. The Morgan fingerprint density at radius 2 is 1.38 bits per heavy atom. The van der Waals surface area contributed by atoms with E-state index in [2.05, 4.69) is 0 Å². The molecule has 6 heteroatoms. The molecule has 0 aromatic heterocycles. The molecule has 0 spiro atoms. The van der Waals surface area contributed by atoms with Gasteiger partial charge >= 0.3 is 103 Å². The van der Waals surface area contributed by atoms with Crippen LogP contribution in [-0.4, -0.2) is 11.9 Å². The summed E-state index contributed by atoms with van der Waals surface area (Å²) in [5.41, 5.74) is -0.396. The normalized spacial score (nSPS) is 8.00. The van der Waals surface area contributed by atoms with Gasteiger partial charge in [-0.2, -0.15) is 0 Å². The number of benzene rings is 1. The van der Waals surface area contributed by atoms with Gasteiger partial charge in [-0.05, 0) is 11.6 Å². The molecule has 0 saturated carbocycles. The molecule has 4 nitrogen and oxygen atoms in total. The van der Waals surface area contributed by atoms with Crippen molar-refractivity contribution < 1.29 is 123 Å². The van der Waals surface area contributed by atoms with E-state index >= 15 is 0 Å². The monoisotopic (exact) mass is 268 g/mol. The van der Waals surface area contributed by atoms with Gasteiger partial charge in [0.2, 0.25) is 0 Å². The quantitative estimate of drug-likeness (QED) is 0.236. The Kier molecular flexibility index (Phi) is 12.4. The van der Waals surface area contributed by atoms with Gasteiger partial charge in [0.05, 0.1) is 11.9 Å². The van der Waals surface area contributed by atoms with Crippen molar-refractivity contribution in [3.05, 3.63) is 41.5 Å². The van der Waals surface area contributed by atoms with Crippen molar-refractivity contribution in [2.75, 3.05) is 0 Å². The number of carbonyl (C=O) groups is 2. The topological polar surface area (TPSA) is 80.3 Å². The second kappa shape index (κ2) is 10.1. The predicted molar refractivity (Wildman–Crippen MR) is 44.4 cm³/mol. The molecule has 0 N–H and O–H groups in total. The van der Waals surface area contributed by atoms with Crippen LogP contribution in [-0.2, 0) is 9.59 Å². The minimum absolute atomic E-state index is 0. The minimum atomic E-state index is -1.76. The predicted octanol–water partition coefficient (Wildman–Crippen LogP) is -7.42. The number of carboxylic acids is 2. The van der Waals surface area contributed by atoms with Crippen LogP contribution in [0.5, 0.6) is 0 Å². The van der Waals surface area contributed by atoms with E-state index in [1.54, 1.807) is 30.3 Å². The molecule has 72 valence electrons. The van der Waals surface area contributed by atoms with Gasteiger partial charge in [-0.15, -0.1) is 0 Å². The molecule has 0 atom stereocenters. The maximum Gasteiger partial charge on any atom is 1.00 e. The Morgan fingerprint density at radius 1 is 0.938 bits per heavy atom. The summed E-state index contributed by atoms with van der Waals surface area (Å²) in [5, 5.41) is 20.7. The fraction of sp³-hybridized carbons (Fsp3) is 0. The first-order valence-corrected chi connectivity index (χ1v) is 3.80. The molecule has 16 heavy (non-hydrogen) atoms. The van der Waals surface area contributed by atoms with Crippen molar-refractivity contribution in [3.8, 4) is 0 Å². The average molecular weight is 268 g/mol. The molecule has 1 rings (SSSR count). The zero-order valence-corrected chi connectivity index (χ0v) is 15.3. The van der Waals surface area contributed by atoms with E-state index in [9.17, 15) is 19.8 Å². The molecule has 0 saturated heterocycles. The van der Waals surface area contributed by atoms with Crippen LogP contribution in [0.1, 0.15) is 5.56 Å². The second-order valence-electron chi connectivity index (χ2n) is 2.54. The number of hydrogen-bond acceptors (Lipinski definition) is 4. The number of carbonyl (C=O) groups excluding carboxylic acids is 2. The molecule has 0 bridgehead atoms. The summed E-state index contributed by atoms with van der Waals surface area (Å²) in [6.45, 7) is 0. The average Bonchev–Trinajstić information content (AvgIpc) is 2.15. The summed E-state index contributed by atoms with van der Waals surface area (Å²) in [4.78, 5) is 20.7. The zero-order chi connectivity index (χ0) is 10.6. The molecule has 0 aliphatic heterocycles. The largest absolute Gasteiger partial charge is 1.00 e. The summed E-state index contributed by atoms with van der Waals surface area (Å²) in [7, 11) is 0. The molecule has 0 fully saturated rings. The summed E-state index contributed by atoms with van der Waals surface area (Å²) < 4.78 is 0. The van der Waals surface area contributed by atoms with Crippen LogP contribution in [0.3, 0.4) is 0 Å². The molecule has 1 aromatic rings. The van der Waals surface area contributed by atoms with Crippen molar-refractivity contribution in [1.29, 1.82) is 0 Å². The van der Waals surface area contributed by atoms with Crippen LogP contribution in [0.2, 0.25) is 0 Å². The third kappa shape index (κ3) is 6.80. The van der Waals surface area contributed by atoms with Gasteiger partial charge in [-0.3, -0.25) is 0 Å². The van der Waals surface area contributed by atoms with Crippen LogP contribution in [0.15, 0.2) is 35.9 Å². The third-order valence-corrected chi connectivity index (χ3v) is 1.55. The molecule has 0 aliphatic carbocycles. The van der Waals surface area contributed by atoms with Crippen molar-refractivity contribution in [2.45, 2.75) is 0 Å². The Hall–Kier alpha value is 1.17. The number of aliphatic carboxylic acids is 2. The van der Waals surface area contributed by atoms with Gasteiger partial charge in [0.15, 0.2) is 0 Å². The van der Waals surface area contributed by atoms with Gasteiger partial charge in [-0.25, -0.2) is 0 Å². The molecular formula is C10H6K2O4. The van der Waals surface area contributed by atoms with E-state index in [4.69, 9.17) is 0 Å². The van der Waals surface area contributed by atoms with Crippen molar-refractivity contribution in [2.24, 2.45) is 0 Å². The molecule has 0 radical (unpaired) electrons. The van der Waals surface area contributed by atoms with Crippen LogP contribution >= 0.6 is 0 Å². The summed E-state index contributed by atoms with van der Waals surface area (Å²) in [6.07, 6.45) is 0.991. The minimum Gasteiger partial charge on any atom is -0.545 e. The first-order valence-electron chi connectivity index (χ1n) is 3.80. The first-order chi connectivity index (χ1) is 6.61. The smallest absolute Gasteiger partial charge is 0.545 e. The van der Waals surface area contributed by atoms with E-state index in [1.807, 2.05) is 0 Å². The van der Waals surface area contributed by atoms with Crippen LogP contribution < -0.4 is 113 Å². The first kappa shape index (κ1) is 19.5. The van der Waals surface area contributed by atoms with Crippen LogP contribution in [0.25, 0.3) is 6.08 Å². The maximum atomic E-state index is 10.3. The Morgan fingerprint density at radius 3 is 1.75 bits per heavy atom. The van der Waals surface area contributed by atoms with Crippen LogP contribution in [0.4, 0.5) is 0 Å². The molecule has 0 amide bonds. The molecular weight excluding hydrogens is 262 g/mol. The summed E-state index contributed by atoms with van der Waals surface area (Å²) in [6, 6.07) is 8.20. The van der Waals surface area contributed by atoms with E-state index in [1.165, 1.54) is 0 Å². The van der Waals surface area contributed by atoms with Gasteiger partial charge in [0, 0.05) is 5.57 Å². The van der Waals surface area contributed by atoms with E-state index in [0.29, 0.717) is 5.56 Å². The maximum absolute atomic E-state index is 10.3. The number of hydrogen-bond donors (Lipinski definition) is 0. The van der Waals surface area contributed by atoms with Gasteiger partial charge in [-0.1, -0.05) is 30.3 Å². The zero-order valence-electron chi connectivity index (χ0n) is 9.10. The van der Waals surface area contributed by atoms with Gasteiger partial charge in [0.1, 0.15) is 0 Å². The molecule has 0 aliphatic rings. The van der Waals surface area contributed by atoms with E-state index in [0.717, 1.165) is 6.08 Å². The number of rotatable bonds is 3. The summed E-state index contributed by atoms with van der Waals surface area (Å²) in [5.74, 6) is -3.51. The third-order valence-electron chi connectivity index (χ3n) is 1.55. The Labute approximate surface area is 178 Å². The fourth-order valence-corrected chi connectivity index (χ4v) is 0.917. The standard InChI is InChI=1S/C10H8O4.2K/c11-9(12)8(10(13)14)6-7-4-2-1-3-5-7;;/h1-6H,(H,11,12)(H,13,14);;/q;2*+1/p-2. The van der Waals surface area contributed by atoms with E-state index < -0.39 is 17.5 Å². The van der Waals surface area contributed by atoms with E-state index in [-0.39, 0.29) is 103 Å².